The first-order valence-corrected chi connectivity index (χ1v) is 8.05. The van der Waals surface area contributed by atoms with Gasteiger partial charge in [-0.3, -0.25) is 0 Å². The van der Waals surface area contributed by atoms with Gasteiger partial charge in [0.2, 0.25) is 0 Å². The van der Waals surface area contributed by atoms with Gasteiger partial charge in [-0.15, -0.1) is 0 Å². The van der Waals surface area contributed by atoms with Crippen molar-refractivity contribution < 1.29 is 5.11 Å². The molecule has 2 aromatic carbocycles. The van der Waals surface area contributed by atoms with Crippen molar-refractivity contribution in [1.29, 1.82) is 0 Å². The third-order valence-electron chi connectivity index (χ3n) is 4.69. The standard InChI is InChI=1S/C18H18Cl2O/c19-15-8-4-9-16(20)14(15)12-17(21)18(10-5-11-18)13-6-2-1-3-7-13/h1-4,6-9,17,21H,5,10-12H2. The van der Waals surface area contributed by atoms with Crippen LogP contribution in [0, 0.1) is 0 Å². The minimum atomic E-state index is -0.467. The van der Waals surface area contributed by atoms with E-state index in [0.29, 0.717) is 16.5 Å². The molecule has 0 aliphatic heterocycles. The van der Waals surface area contributed by atoms with Crippen LogP contribution >= 0.6 is 23.2 Å². The summed E-state index contributed by atoms with van der Waals surface area (Å²) in [4.78, 5) is 0. The molecule has 21 heavy (non-hydrogen) atoms. The predicted molar refractivity (Wildman–Crippen MR) is 88.1 cm³/mol. The van der Waals surface area contributed by atoms with Gasteiger partial charge in [-0.05, 0) is 36.1 Å². The van der Waals surface area contributed by atoms with Crippen molar-refractivity contribution >= 4 is 23.2 Å². The van der Waals surface area contributed by atoms with E-state index in [0.717, 1.165) is 24.8 Å². The van der Waals surface area contributed by atoms with E-state index >= 15 is 0 Å². The predicted octanol–water partition coefficient (Wildman–Crippen LogP) is 5.02. The zero-order chi connectivity index (χ0) is 14.9. The van der Waals surface area contributed by atoms with Gasteiger partial charge in [0, 0.05) is 21.9 Å². The second kappa shape index (κ2) is 6.00. The van der Waals surface area contributed by atoms with E-state index in [4.69, 9.17) is 23.2 Å². The Morgan fingerprint density at radius 1 is 0.952 bits per heavy atom. The molecule has 0 amide bonds. The molecule has 1 atom stereocenters. The summed E-state index contributed by atoms with van der Waals surface area (Å²) in [5.41, 5.74) is 1.91. The molecule has 1 fully saturated rings. The number of rotatable bonds is 4. The minimum Gasteiger partial charge on any atom is -0.392 e. The first-order valence-electron chi connectivity index (χ1n) is 7.30. The van der Waals surface area contributed by atoms with Gasteiger partial charge in [-0.1, -0.05) is 66.0 Å². The van der Waals surface area contributed by atoms with Gasteiger partial charge in [0.15, 0.2) is 0 Å². The van der Waals surface area contributed by atoms with E-state index in [9.17, 15) is 5.11 Å². The molecule has 3 heteroatoms. The highest BCUT2D eigenvalue weighted by molar-refractivity contribution is 6.36. The van der Waals surface area contributed by atoms with Gasteiger partial charge in [0.05, 0.1) is 6.10 Å². The van der Waals surface area contributed by atoms with E-state index in [-0.39, 0.29) is 5.41 Å². The van der Waals surface area contributed by atoms with Gasteiger partial charge >= 0.3 is 0 Å². The average molecular weight is 321 g/mol. The molecule has 2 aromatic rings. The molecular weight excluding hydrogens is 303 g/mol. The van der Waals surface area contributed by atoms with Crippen LogP contribution in [0.15, 0.2) is 48.5 Å². The van der Waals surface area contributed by atoms with Crippen molar-refractivity contribution in [2.24, 2.45) is 0 Å². The fraction of sp³-hybridized carbons (Fsp3) is 0.333. The van der Waals surface area contributed by atoms with Crippen LogP contribution in [0.2, 0.25) is 10.0 Å². The van der Waals surface area contributed by atoms with E-state index in [1.807, 2.05) is 36.4 Å². The summed E-state index contributed by atoms with van der Waals surface area (Å²) in [5.74, 6) is 0. The molecular formula is C18H18Cl2O. The van der Waals surface area contributed by atoms with Crippen molar-refractivity contribution in [2.75, 3.05) is 0 Å². The highest BCUT2D eigenvalue weighted by Crippen LogP contribution is 2.47. The van der Waals surface area contributed by atoms with Gasteiger partial charge in [-0.25, -0.2) is 0 Å². The molecule has 1 nitrogen and oxygen atoms in total. The molecule has 0 bridgehead atoms. The molecule has 0 saturated heterocycles. The number of hydrogen-bond donors (Lipinski definition) is 1. The summed E-state index contributed by atoms with van der Waals surface area (Å²) >= 11 is 12.5. The number of halogens is 2. The van der Waals surface area contributed by atoms with Gasteiger partial charge in [0.1, 0.15) is 0 Å². The van der Waals surface area contributed by atoms with Crippen molar-refractivity contribution in [3.05, 3.63) is 69.7 Å². The van der Waals surface area contributed by atoms with Crippen LogP contribution in [0.3, 0.4) is 0 Å². The van der Waals surface area contributed by atoms with E-state index in [1.54, 1.807) is 0 Å². The van der Waals surface area contributed by atoms with Crippen LogP contribution in [0.25, 0.3) is 0 Å². The molecule has 0 heterocycles. The van der Waals surface area contributed by atoms with E-state index in [2.05, 4.69) is 12.1 Å². The number of benzene rings is 2. The Labute approximate surface area is 135 Å². The lowest BCUT2D eigenvalue weighted by Gasteiger charge is -2.46. The summed E-state index contributed by atoms with van der Waals surface area (Å²) in [6.07, 6.45) is 3.21. The van der Waals surface area contributed by atoms with Crippen LogP contribution in [-0.4, -0.2) is 11.2 Å². The zero-order valence-corrected chi connectivity index (χ0v) is 13.2. The maximum atomic E-state index is 10.9. The highest BCUT2D eigenvalue weighted by atomic mass is 35.5. The first kappa shape index (κ1) is 14.9. The Kier molecular flexibility index (Phi) is 4.26. The Morgan fingerprint density at radius 3 is 2.10 bits per heavy atom. The van der Waals surface area contributed by atoms with Crippen molar-refractivity contribution in [2.45, 2.75) is 37.2 Å². The second-order valence-corrected chi connectivity index (χ2v) is 6.61. The highest BCUT2D eigenvalue weighted by Gasteiger charge is 2.44. The fourth-order valence-electron chi connectivity index (χ4n) is 3.26. The smallest absolute Gasteiger partial charge is 0.0678 e. The summed E-state index contributed by atoms with van der Waals surface area (Å²) in [7, 11) is 0. The minimum absolute atomic E-state index is 0.149. The fourth-order valence-corrected chi connectivity index (χ4v) is 3.81. The average Bonchev–Trinajstić information content (AvgIpc) is 2.43. The van der Waals surface area contributed by atoms with Crippen molar-refractivity contribution in [1.82, 2.24) is 0 Å². The van der Waals surface area contributed by atoms with Crippen LogP contribution in [0.1, 0.15) is 30.4 Å². The van der Waals surface area contributed by atoms with Crippen LogP contribution in [0.4, 0.5) is 0 Å². The summed E-state index contributed by atoms with van der Waals surface area (Å²) in [6.45, 7) is 0. The number of aliphatic hydroxyl groups excluding tert-OH is 1. The SMILES string of the molecule is OC(Cc1c(Cl)cccc1Cl)C1(c2ccccc2)CCC1. The Hall–Kier alpha value is -1.02. The van der Waals surface area contributed by atoms with Gasteiger partial charge in [-0.2, -0.15) is 0 Å². The molecule has 1 aliphatic rings. The van der Waals surface area contributed by atoms with Crippen LogP contribution in [0.5, 0.6) is 0 Å². The zero-order valence-electron chi connectivity index (χ0n) is 11.7. The lowest BCUT2D eigenvalue weighted by atomic mass is 9.60. The summed E-state index contributed by atoms with van der Waals surface area (Å²) in [5, 5.41) is 12.1. The Bertz CT molecular complexity index is 600. The molecule has 3 rings (SSSR count). The molecule has 110 valence electrons. The topological polar surface area (TPSA) is 20.2 Å². The second-order valence-electron chi connectivity index (χ2n) is 5.80. The van der Waals surface area contributed by atoms with E-state index < -0.39 is 6.10 Å². The molecule has 1 unspecified atom stereocenters. The first-order chi connectivity index (χ1) is 10.1. The van der Waals surface area contributed by atoms with Gasteiger partial charge in [0.25, 0.3) is 0 Å². The van der Waals surface area contributed by atoms with Crippen molar-refractivity contribution in [3.63, 3.8) is 0 Å². The largest absolute Gasteiger partial charge is 0.392 e. The van der Waals surface area contributed by atoms with Crippen LogP contribution in [-0.2, 0) is 11.8 Å². The summed E-state index contributed by atoms with van der Waals surface area (Å²) in [6, 6.07) is 15.8. The monoisotopic (exact) mass is 320 g/mol. The van der Waals surface area contributed by atoms with Crippen LogP contribution < -0.4 is 0 Å². The third-order valence-corrected chi connectivity index (χ3v) is 5.40. The lowest BCUT2D eigenvalue weighted by molar-refractivity contribution is 0.0286. The maximum Gasteiger partial charge on any atom is 0.0678 e. The molecule has 1 N–H and O–H groups in total. The normalized spacial score (nSPS) is 18.0. The van der Waals surface area contributed by atoms with Crippen molar-refractivity contribution in [3.8, 4) is 0 Å². The lowest BCUT2D eigenvalue weighted by Crippen LogP contribution is -2.46. The molecule has 1 aliphatic carbocycles. The quantitative estimate of drug-likeness (QED) is 0.838. The summed E-state index contributed by atoms with van der Waals surface area (Å²) < 4.78 is 0. The molecule has 0 aromatic heterocycles. The maximum absolute atomic E-state index is 10.9. The number of hydrogen-bond acceptors (Lipinski definition) is 1. The Balaban J connectivity index is 1.89. The van der Waals surface area contributed by atoms with Gasteiger partial charge < -0.3 is 5.11 Å². The number of aliphatic hydroxyl groups is 1. The molecule has 0 radical (unpaired) electrons. The third kappa shape index (κ3) is 2.70. The molecule has 1 saturated carbocycles. The Morgan fingerprint density at radius 2 is 1.57 bits per heavy atom. The van der Waals surface area contributed by atoms with E-state index in [1.165, 1.54) is 5.56 Å². The molecule has 0 spiro atoms.